The fourth-order valence-electron chi connectivity index (χ4n) is 2.27. The minimum Gasteiger partial charge on any atom is -0.457 e. The Kier molecular flexibility index (Phi) is 6.25. The summed E-state index contributed by atoms with van der Waals surface area (Å²) in [5.74, 6) is 0.297. The Labute approximate surface area is 149 Å². The third kappa shape index (κ3) is 4.55. The zero-order valence-corrected chi connectivity index (χ0v) is 14.3. The van der Waals surface area contributed by atoms with Crippen molar-refractivity contribution in [2.75, 3.05) is 20.3 Å². The first-order valence-corrected chi connectivity index (χ1v) is 7.70. The molecule has 0 saturated carbocycles. The molecule has 0 fully saturated rings. The molecular formula is C18H17N3O5. The Morgan fingerprint density at radius 1 is 1.42 bits per heavy atom. The maximum atomic E-state index is 11.9. The Balaban J connectivity index is 2.22. The third-order valence-electron chi connectivity index (χ3n) is 3.56. The van der Waals surface area contributed by atoms with Crippen molar-refractivity contribution in [3.05, 3.63) is 57.3 Å². The monoisotopic (exact) mass is 355 g/mol. The van der Waals surface area contributed by atoms with Gasteiger partial charge in [-0.05, 0) is 30.7 Å². The van der Waals surface area contributed by atoms with Crippen molar-refractivity contribution in [3.8, 4) is 17.4 Å². The molecule has 0 aliphatic heterocycles. The predicted octanol–water partition coefficient (Wildman–Crippen LogP) is 2.83. The summed E-state index contributed by atoms with van der Waals surface area (Å²) in [5, 5.41) is 22.5. The molecule has 2 rings (SSSR count). The Hall–Kier alpha value is -3.44. The van der Waals surface area contributed by atoms with Crippen LogP contribution in [0.5, 0.6) is 0 Å². The Morgan fingerprint density at radius 3 is 2.81 bits per heavy atom. The quantitative estimate of drug-likeness (QED) is 0.268. The highest BCUT2D eigenvalue weighted by atomic mass is 16.6. The van der Waals surface area contributed by atoms with Gasteiger partial charge in [-0.15, -0.1) is 0 Å². The van der Waals surface area contributed by atoms with E-state index in [0.29, 0.717) is 35.8 Å². The summed E-state index contributed by atoms with van der Waals surface area (Å²) >= 11 is 0. The molecule has 1 aromatic carbocycles. The van der Waals surface area contributed by atoms with E-state index in [9.17, 15) is 14.9 Å². The van der Waals surface area contributed by atoms with Crippen LogP contribution in [0.1, 0.15) is 11.3 Å². The van der Waals surface area contributed by atoms with E-state index in [1.807, 2.05) is 6.07 Å². The van der Waals surface area contributed by atoms with Crippen LogP contribution >= 0.6 is 0 Å². The van der Waals surface area contributed by atoms with E-state index in [-0.39, 0.29) is 11.3 Å². The van der Waals surface area contributed by atoms with Gasteiger partial charge in [-0.3, -0.25) is 14.9 Å². The van der Waals surface area contributed by atoms with Gasteiger partial charge in [0.1, 0.15) is 23.2 Å². The molecule has 1 aromatic heterocycles. The van der Waals surface area contributed by atoms with Gasteiger partial charge in [-0.25, -0.2) is 0 Å². The second-order valence-electron chi connectivity index (χ2n) is 5.38. The Morgan fingerprint density at radius 2 is 2.19 bits per heavy atom. The molecule has 2 aromatic rings. The Bertz CT molecular complexity index is 892. The highest BCUT2D eigenvalue weighted by Crippen LogP contribution is 2.29. The fraction of sp³-hybridized carbons (Fsp3) is 0.222. The molecule has 0 atom stereocenters. The van der Waals surface area contributed by atoms with Crippen LogP contribution in [-0.4, -0.2) is 31.1 Å². The minimum absolute atomic E-state index is 0.00239. The summed E-state index contributed by atoms with van der Waals surface area (Å²) in [5.41, 5.74) is 1.28. The number of hydrogen-bond donors (Lipinski definition) is 1. The van der Waals surface area contributed by atoms with Gasteiger partial charge in [-0.2, -0.15) is 5.26 Å². The smallest absolute Gasteiger partial charge is 0.269 e. The molecule has 8 nitrogen and oxygen atoms in total. The average Bonchev–Trinajstić information content (AvgIpc) is 3.07. The van der Waals surface area contributed by atoms with Crippen molar-refractivity contribution < 1.29 is 18.9 Å². The number of rotatable bonds is 7. The number of nitro benzene ring substituents is 1. The van der Waals surface area contributed by atoms with Gasteiger partial charge in [0.15, 0.2) is 0 Å². The first kappa shape index (κ1) is 18.9. The molecule has 1 N–H and O–H groups in total. The van der Waals surface area contributed by atoms with E-state index >= 15 is 0 Å². The van der Waals surface area contributed by atoms with E-state index in [1.165, 1.54) is 25.3 Å². The van der Waals surface area contributed by atoms with Crippen molar-refractivity contribution in [2.45, 2.75) is 6.92 Å². The van der Waals surface area contributed by atoms with E-state index in [1.54, 1.807) is 25.1 Å². The van der Waals surface area contributed by atoms with Gasteiger partial charge in [0.05, 0.1) is 11.5 Å². The lowest BCUT2D eigenvalue weighted by atomic mass is 10.1. The number of nitrogens with zero attached hydrogens (tertiary/aromatic N) is 2. The van der Waals surface area contributed by atoms with E-state index in [2.05, 4.69) is 5.32 Å². The highest BCUT2D eigenvalue weighted by Gasteiger charge is 2.13. The van der Waals surface area contributed by atoms with Crippen molar-refractivity contribution >= 4 is 17.7 Å². The van der Waals surface area contributed by atoms with Crippen LogP contribution in [0, 0.1) is 28.4 Å². The summed E-state index contributed by atoms with van der Waals surface area (Å²) < 4.78 is 10.5. The van der Waals surface area contributed by atoms with Gasteiger partial charge in [0.25, 0.3) is 11.6 Å². The van der Waals surface area contributed by atoms with Gasteiger partial charge in [0, 0.05) is 37.4 Å². The zero-order chi connectivity index (χ0) is 19.1. The lowest BCUT2D eigenvalue weighted by Gasteiger charge is -2.03. The molecule has 0 aliphatic carbocycles. The molecular weight excluding hydrogens is 338 g/mol. The predicted molar refractivity (Wildman–Crippen MR) is 94.0 cm³/mol. The molecule has 0 spiro atoms. The number of nitro groups is 1. The van der Waals surface area contributed by atoms with Crippen LogP contribution in [0.3, 0.4) is 0 Å². The van der Waals surface area contributed by atoms with Gasteiger partial charge >= 0.3 is 0 Å². The molecule has 0 aliphatic rings. The number of nitrogens with one attached hydrogen (secondary N) is 1. The summed E-state index contributed by atoms with van der Waals surface area (Å²) in [6.07, 6.45) is 1.34. The number of non-ortho nitro benzene ring substituents is 1. The summed E-state index contributed by atoms with van der Waals surface area (Å²) in [7, 11) is 1.51. The molecule has 0 bridgehead atoms. The van der Waals surface area contributed by atoms with Crippen LogP contribution in [0.25, 0.3) is 17.4 Å². The van der Waals surface area contributed by atoms with E-state index < -0.39 is 10.8 Å². The number of ether oxygens (including phenoxy) is 1. The zero-order valence-electron chi connectivity index (χ0n) is 14.3. The maximum absolute atomic E-state index is 11.9. The number of amides is 1. The van der Waals surface area contributed by atoms with Crippen LogP contribution in [-0.2, 0) is 9.53 Å². The standard InChI is InChI=1S/C18H17N3O5/c1-12-9-14(21(23)24)3-5-16(12)17-6-4-15(26-17)10-13(11-19)18(22)20-7-8-25-2/h3-6,9-10H,7-8H2,1-2H3,(H,20,22)/b13-10+. The van der Waals surface area contributed by atoms with Crippen LogP contribution in [0.4, 0.5) is 5.69 Å². The fourth-order valence-corrected chi connectivity index (χ4v) is 2.27. The number of benzene rings is 1. The highest BCUT2D eigenvalue weighted by molar-refractivity contribution is 6.01. The molecule has 1 amide bonds. The van der Waals surface area contributed by atoms with Gasteiger partial charge in [0.2, 0.25) is 0 Å². The second kappa shape index (κ2) is 8.60. The molecule has 8 heteroatoms. The molecule has 1 heterocycles. The lowest BCUT2D eigenvalue weighted by molar-refractivity contribution is -0.384. The molecule has 134 valence electrons. The molecule has 0 saturated heterocycles. The first-order chi connectivity index (χ1) is 12.5. The van der Waals surface area contributed by atoms with Crippen LogP contribution < -0.4 is 5.32 Å². The number of carbonyl (C=O) groups is 1. The molecule has 0 unspecified atom stereocenters. The maximum Gasteiger partial charge on any atom is 0.269 e. The summed E-state index contributed by atoms with van der Waals surface area (Å²) in [6, 6.07) is 9.58. The van der Waals surface area contributed by atoms with Gasteiger partial charge in [-0.1, -0.05) is 0 Å². The normalized spacial score (nSPS) is 11.0. The number of carbonyl (C=O) groups excluding carboxylic acids is 1. The number of nitriles is 1. The van der Waals surface area contributed by atoms with Crippen LogP contribution in [0.15, 0.2) is 40.3 Å². The lowest BCUT2D eigenvalue weighted by Crippen LogP contribution is -2.27. The van der Waals surface area contributed by atoms with Crippen LogP contribution in [0.2, 0.25) is 0 Å². The third-order valence-corrected chi connectivity index (χ3v) is 3.56. The molecule has 0 radical (unpaired) electrons. The SMILES string of the molecule is COCCNC(=O)/C(C#N)=C/c1ccc(-c2ccc([N+](=O)[O-])cc2C)o1. The molecule has 26 heavy (non-hydrogen) atoms. The first-order valence-electron chi connectivity index (χ1n) is 7.70. The van der Waals surface area contributed by atoms with E-state index in [4.69, 9.17) is 14.4 Å². The van der Waals surface area contributed by atoms with Crippen molar-refractivity contribution in [3.63, 3.8) is 0 Å². The number of aryl methyl sites for hydroxylation is 1. The second-order valence-corrected chi connectivity index (χ2v) is 5.38. The van der Waals surface area contributed by atoms with Crippen molar-refractivity contribution in [1.82, 2.24) is 5.32 Å². The number of methoxy groups -OCH3 is 1. The average molecular weight is 355 g/mol. The van der Waals surface area contributed by atoms with Crippen molar-refractivity contribution in [2.24, 2.45) is 0 Å². The summed E-state index contributed by atoms with van der Waals surface area (Å²) in [4.78, 5) is 22.3. The topological polar surface area (TPSA) is 118 Å². The van der Waals surface area contributed by atoms with E-state index in [0.717, 1.165) is 0 Å². The minimum atomic E-state index is -0.519. The largest absolute Gasteiger partial charge is 0.457 e. The number of hydrogen-bond acceptors (Lipinski definition) is 6. The van der Waals surface area contributed by atoms with Crippen molar-refractivity contribution in [1.29, 1.82) is 5.26 Å². The van der Waals surface area contributed by atoms with Gasteiger partial charge < -0.3 is 14.5 Å². The number of furan rings is 1. The summed E-state index contributed by atoms with van der Waals surface area (Å²) in [6.45, 7) is 2.37.